The summed E-state index contributed by atoms with van der Waals surface area (Å²) in [5, 5.41) is 3.34. The van der Waals surface area contributed by atoms with Crippen LogP contribution in [0.5, 0.6) is 0 Å². The van der Waals surface area contributed by atoms with Crippen molar-refractivity contribution in [3.8, 4) is 0 Å². The fourth-order valence-electron chi connectivity index (χ4n) is 2.57. The molecule has 0 amide bonds. The van der Waals surface area contributed by atoms with E-state index >= 15 is 0 Å². The molecule has 3 N–H and O–H groups in total. The highest BCUT2D eigenvalue weighted by atomic mass is 127. The molecule has 0 aromatic carbocycles. The Morgan fingerprint density at radius 2 is 1.88 bits per heavy atom. The number of nitrogens with one attached hydrogen (secondary N) is 1. The van der Waals surface area contributed by atoms with Crippen molar-refractivity contribution in [1.82, 2.24) is 5.32 Å². The number of nitrogens with zero attached hydrogens (tertiary/aromatic N) is 1. The van der Waals surface area contributed by atoms with Crippen LogP contribution in [0.25, 0.3) is 0 Å². The summed E-state index contributed by atoms with van der Waals surface area (Å²) in [6.07, 6.45) is 7.65. The molecule has 2 aliphatic carbocycles. The summed E-state index contributed by atoms with van der Waals surface area (Å²) in [5.74, 6) is 0.666. The minimum Gasteiger partial charge on any atom is -0.370 e. The van der Waals surface area contributed by atoms with Crippen LogP contribution in [0.1, 0.15) is 52.4 Å². The van der Waals surface area contributed by atoms with Crippen molar-refractivity contribution < 1.29 is 0 Å². The first-order valence-electron chi connectivity index (χ1n) is 6.18. The van der Waals surface area contributed by atoms with Crippen molar-refractivity contribution in [2.75, 3.05) is 0 Å². The van der Waals surface area contributed by atoms with Gasteiger partial charge >= 0.3 is 0 Å². The molecular formula is C12H24IN3. The molecule has 0 heterocycles. The summed E-state index contributed by atoms with van der Waals surface area (Å²) in [5.41, 5.74) is 6.29. The van der Waals surface area contributed by atoms with Gasteiger partial charge in [0.15, 0.2) is 5.96 Å². The van der Waals surface area contributed by atoms with Crippen molar-refractivity contribution in [3.63, 3.8) is 0 Å². The molecule has 0 aliphatic heterocycles. The van der Waals surface area contributed by atoms with Crippen molar-refractivity contribution in [2.45, 2.75) is 64.5 Å². The maximum Gasteiger partial charge on any atom is 0.189 e. The Labute approximate surface area is 116 Å². The van der Waals surface area contributed by atoms with Gasteiger partial charge in [0, 0.05) is 6.04 Å². The lowest BCUT2D eigenvalue weighted by atomic mass is 9.68. The fraction of sp³-hybridized carbons (Fsp3) is 0.917. The molecule has 2 aliphatic rings. The van der Waals surface area contributed by atoms with Gasteiger partial charge in [-0.2, -0.15) is 0 Å². The van der Waals surface area contributed by atoms with E-state index in [9.17, 15) is 0 Å². The molecule has 94 valence electrons. The summed E-state index contributed by atoms with van der Waals surface area (Å²) in [4.78, 5) is 4.58. The fourth-order valence-corrected chi connectivity index (χ4v) is 2.57. The summed E-state index contributed by atoms with van der Waals surface area (Å²) in [7, 11) is 0. The third-order valence-corrected chi connectivity index (χ3v) is 3.97. The topological polar surface area (TPSA) is 50.4 Å². The van der Waals surface area contributed by atoms with Crippen LogP contribution in [0.4, 0.5) is 0 Å². The lowest BCUT2D eigenvalue weighted by molar-refractivity contribution is 0.145. The number of hydrogen-bond donors (Lipinski definition) is 2. The number of nitrogens with two attached hydrogens (primary N) is 1. The Hall–Kier alpha value is 0. The molecule has 0 aromatic heterocycles. The molecule has 16 heavy (non-hydrogen) atoms. The monoisotopic (exact) mass is 337 g/mol. The second kappa shape index (κ2) is 5.56. The molecule has 2 fully saturated rings. The minimum atomic E-state index is 0. The maximum absolute atomic E-state index is 5.92. The molecule has 1 atom stereocenters. The normalized spacial score (nSPS) is 29.4. The quantitative estimate of drug-likeness (QED) is 0.462. The van der Waals surface area contributed by atoms with Gasteiger partial charge in [0.05, 0.1) is 6.04 Å². The summed E-state index contributed by atoms with van der Waals surface area (Å²) in [6.45, 7) is 4.54. The van der Waals surface area contributed by atoms with E-state index in [1.807, 2.05) is 0 Å². The summed E-state index contributed by atoms with van der Waals surface area (Å²) in [6, 6.07) is 1.02. The minimum absolute atomic E-state index is 0. The van der Waals surface area contributed by atoms with Gasteiger partial charge in [0.1, 0.15) is 0 Å². The smallest absolute Gasteiger partial charge is 0.189 e. The van der Waals surface area contributed by atoms with E-state index in [0.717, 1.165) is 0 Å². The molecule has 2 saturated carbocycles. The zero-order valence-electron chi connectivity index (χ0n) is 10.3. The first kappa shape index (κ1) is 14.1. The molecule has 0 aromatic rings. The molecule has 4 heteroatoms. The van der Waals surface area contributed by atoms with Crippen LogP contribution >= 0.6 is 24.0 Å². The molecule has 3 nitrogen and oxygen atoms in total. The second-order valence-corrected chi connectivity index (χ2v) is 5.68. The number of aliphatic imine (C=N–C) groups is 1. The number of guanidine groups is 1. The van der Waals surface area contributed by atoms with E-state index in [-0.39, 0.29) is 24.0 Å². The van der Waals surface area contributed by atoms with Crippen molar-refractivity contribution in [1.29, 1.82) is 0 Å². The number of rotatable bonds is 2. The third kappa shape index (κ3) is 3.25. The van der Waals surface area contributed by atoms with Gasteiger partial charge in [-0.1, -0.05) is 26.7 Å². The Kier molecular flexibility index (Phi) is 4.88. The van der Waals surface area contributed by atoms with Crippen LogP contribution in [-0.4, -0.2) is 18.0 Å². The van der Waals surface area contributed by atoms with Gasteiger partial charge in [-0.3, -0.25) is 0 Å². The van der Waals surface area contributed by atoms with Crippen molar-refractivity contribution >= 4 is 29.9 Å². The zero-order valence-corrected chi connectivity index (χ0v) is 12.7. The van der Waals surface area contributed by atoms with Gasteiger partial charge in [-0.25, -0.2) is 4.99 Å². The van der Waals surface area contributed by atoms with Crippen LogP contribution in [0.3, 0.4) is 0 Å². The Morgan fingerprint density at radius 3 is 2.31 bits per heavy atom. The molecular weight excluding hydrogens is 313 g/mol. The van der Waals surface area contributed by atoms with Crippen LogP contribution in [0, 0.1) is 5.41 Å². The highest BCUT2D eigenvalue weighted by Gasteiger charge is 2.38. The van der Waals surface area contributed by atoms with Crippen molar-refractivity contribution in [2.24, 2.45) is 16.1 Å². The van der Waals surface area contributed by atoms with E-state index in [4.69, 9.17) is 5.73 Å². The summed E-state index contributed by atoms with van der Waals surface area (Å²) < 4.78 is 0. The first-order chi connectivity index (χ1) is 7.08. The van der Waals surface area contributed by atoms with Crippen LogP contribution in [0.15, 0.2) is 4.99 Å². The largest absolute Gasteiger partial charge is 0.370 e. The Morgan fingerprint density at radius 1 is 1.25 bits per heavy atom. The van der Waals surface area contributed by atoms with E-state index < -0.39 is 0 Å². The Balaban J connectivity index is 0.00000128. The molecule has 0 saturated heterocycles. The summed E-state index contributed by atoms with van der Waals surface area (Å²) >= 11 is 0. The van der Waals surface area contributed by atoms with E-state index in [0.29, 0.717) is 23.5 Å². The predicted octanol–water partition coefficient (Wildman–Crippen LogP) is 2.64. The van der Waals surface area contributed by atoms with E-state index in [2.05, 4.69) is 24.2 Å². The highest BCUT2D eigenvalue weighted by Crippen LogP contribution is 2.42. The maximum atomic E-state index is 5.92. The lowest BCUT2D eigenvalue weighted by Crippen LogP contribution is -2.44. The number of hydrogen-bond acceptors (Lipinski definition) is 1. The molecule has 2 rings (SSSR count). The van der Waals surface area contributed by atoms with Gasteiger partial charge in [0.2, 0.25) is 0 Å². The average Bonchev–Trinajstić information content (AvgIpc) is 2.65. The van der Waals surface area contributed by atoms with Crippen LogP contribution in [0.2, 0.25) is 0 Å². The number of halogens is 1. The van der Waals surface area contributed by atoms with Crippen LogP contribution < -0.4 is 11.1 Å². The molecule has 0 radical (unpaired) electrons. The van der Waals surface area contributed by atoms with Gasteiger partial charge in [-0.15, -0.1) is 24.0 Å². The van der Waals surface area contributed by atoms with Crippen LogP contribution in [-0.2, 0) is 0 Å². The SMILES string of the molecule is CC1(C)CCC1N=C(N)NC1CCCC1.I. The van der Waals surface area contributed by atoms with E-state index in [1.54, 1.807) is 0 Å². The average molecular weight is 337 g/mol. The van der Waals surface area contributed by atoms with Gasteiger partial charge in [-0.05, 0) is 31.1 Å². The van der Waals surface area contributed by atoms with E-state index in [1.165, 1.54) is 38.5 Å². The van der Waals surface area contributed by atoms with Gasteiger partial charge < -0.3 is 11.1 Å². The standard InChI is InChI=1S/C12H23N3.HI/c1-12(2)8-7-10(12)15-11(13)14-9-5-3-4-6-9;/h9-10H,3-8H2,1-2H3,(H3,13,14,15);1H. The molecule has 1 unspecified atom stereocenters. The zero-order chi connectivity index (χ0) is 10.9. The second-order valence-electron chi connectivity index (χ2n) is 5.68. The Bertz CT molecular complexity index is 257. The van der Waals surface area contributed by atoms with Crippen molar-refractivity contribution in [3.05, 3.63) is 0 Å². The first-order valence-corrected chi connectivity index (χ1v) is 6.18. The van der Waals surface area contributed by atoms with Gasteiger partial charge in [0.25, 0.3) is 0 Å². The predicted molar refractivity (Wildman–Crippen MR) is 79.2 cm³/mol. The lowest BCUT2D eigenvalue weighted by Gasteiger charge is -2.41. The highest BCUT2D eigenvalue weighted by molar-refractivity contribution is 14.0. The third-order valence-electron chi connectivity index (χ3n) is 3.97. The molecule has 0 bridgehead atoms. The molecule has 0 spiro atoms.